The van der Waals surface area contributed by atoms with Gasteiger partial charge in [-0.3, -0.25) is 0 Å². The zero-order valence-corrected chi connectivity index (χ0v) is 7.94. The number of hydrogen-bond donors (Lipinski definition) is 0. The van der Waals surface area contributed by atoms with E-state index >= 15 is 0 Å². The van der Waals surface area contributed by atoms with Crippen molar-refractivity contribution in [2.45, 2.75) is 13.0 Å². The van der Waals surface area contributed by atoms with E-state index in [-0.39, 0.29) is 6.61 Å². The van der Waals surface area contributed by atoms with Gasteiger partial charge in [0.05, 0.1) is 6.61 Å². The molecular formula is C11H13O3. The average molecular weight is 193 g/mol. The van der Waals surface area contributed by atoms with E-state index in [0.29, 0.717) is 13.0 Å². The Balaban J connectivity index is 2.24. The Morgan fingerprint density at radius 1 is 1.21 bits per heavy atom. The lowest BCUT2D eigenvalue weighted by atomic mass is 10.2. The quantitative estimate of drug-likeness (QED) is 0.689. The van der Waals surface area contributed by atoms with E-state index < -0.39 is 6.16 Å². The molecule has 0 amide bonds. The molecule has 0 aromatic heterocycles. The van der Waals surface area contributed by atoms with Crippen molar-refractivity contribution < 1.29 is 14.3 Å². The summed E-state index contributed by atoms with van der Waals surface area (Å²) in [5.41, 5.74) is 0.944. The van der Waals surface area contributed by atoms with Gasteiger partial charge in [0.2, 0.25) is 0 Å². The van der Waals surface area contributed by atoms with Crippen LogP contribution in [0.15, 0.2) is 30.3 Å². The molecule has 1 aromatic rings. The predicted molar refractivity (Wildman–Crippen MR) is 52.6 cm³/mol. The van der Waals surface area contributed by atoms with E-state index in [9.17, 15) is 4.79 Å². The van der Waals surface area contributed by atoms with Crippen molar-refractivity contribution in [3.8, 4) is 0 Å². The third-order valence-corrected chi connectivity index (χ3v) is 1.56. The molecular weight excluding hydrogens is 180 g/mol. The Morgan fingerprint density at radius 3 is 2.57 bits per heavy atom. The molecule has 0 aliphatic heterocycles. The van der Waals surface area contributed by atoms with Crippen LogP contribution in [0.5, 0.6) is 0 Å². The minimum atomic E-state index is -0.641. The molecule has 0 N–H and O–H groups in total. The minimum Gasteiger partial charge on any atom is -0.434 e. The van der Waals surface area contributed by atoms with Gasteiger partial charge in [0.15, 0.2) is 0 Å². The second-order valence-corrected chi connectivity index (χ2v) is 2.73. The smallest absolute Gasteiger partial charge is 0.434 e. The second kappa shape index (κ2) is 6.02. The first-order valence-electron chi connectivity index (χ1n) is 4.45. The zero-order chi connectivity index (χ0) is 10.2. The van der Waals surface area contributed by atoms with Crippen LogP contribution in [0.4, 0.5) is 4.79 Å². The van der Waals surface area contributed by atoms with Gasteiger partial charge in [-0.25, -0.2) is 4.79 Å². The lowest BCUT2D eigenvalue weighted by Gasteiger charge is -2.04. The summed E-state index contributed by atoms with van der Waals surface area (Å²) in [6, 6.07) is 9.45. The summed E-state index contributed by atoms with van der Waals surface area (Å²) in [7, 11) is 0. The predicted octanol–water partition coefficient (Wildman–Crippen LogP) is 2.56. The van der Waals surface area contributed by atoms with Crippen LogP contribution in [0.3, 0.4) is 0 Å². The number of ether oxygens (including phenoxy) is 2. The molecule has 0 atom stereocenters. The fourth-order valence-electron chi connectivity index (χ4n) is 0.914. The van der Waals surface area contributed by atoms with Gasteiger partial charge in [0.1, 0.15) is 6.61 Å². The zero-order valence-electron chi connectivity index (χ0n) is 7.94. The maximum absolute atomic E-state index is 10.9. The van der Waals surface area contributed by atoms with Crippen LogP contribution in [0.1, 0.15) is 12.0 Å². The number of carbonyl (C=O) groups is 1. The summed E-state index contributed by atoms with van der Waals surface area (Å²) in [6.45, 7) is 4.09. The van der Waals surface area contributed by atoms with E-state index in [1.165, 1.54) is 0 Å². The standard InChI is InChI=1S/C11H13O3/c1-2-8-13-11(12)14-9-10-6-4-3-5-7-10/h3-7H,1-2,8-9H2. The molecule has 3 heteroatoms. The first kappa shape index (κ1) is 10.6. The van der Waals surface area contributed by atoms with Crippen molar-refractivity contribution in [2.24, 2.45) is 0 Å². The van der Waals surface area contributed by atoms with E-state index in [0.717, 1.165) is 5.56 Å². The van der Waals surface area contributed by atoms with Crippen molar-refractivity contribution in [1.29, 1.82) is 0 Å². The highest BCUT2D eigenvalue weighted by atomic mass is 16.7. The molecule has 14 heavy (non-hydrogen) atoms. The van der Waals surface area contributed by atoms with Crippen molar-refractivity contribution in [3.63, 3.8) is 0 Å². The number of carbonyl (C=O) groups excluding carboxylic acids is 1. The summed E-state index contributed by atoms with van der Waals surface area (Å²) < 4.78 is 9.53. The lowest BCUT2D eigenvalue weighted by molar-refractivity contribution is 0.0510. The average Bonchev–Trinajstić information content (AvgIpc) is 2.25. The highest BCUT2D eigenvalue weighted by Crippen LogP contribution is 2.01. The van der Waals surface area contributed by atoms with Crippen LogP contribution in [0, 0.1) is 6.92 Å². The molecule has 0 aliphatic carbocycles. The topological polar surface area (TPSA) is 35.5 Å². The molecule has 0 saturated heterocycles. The highest BCUT2D eigenvalue weighted by Gasteiger charge is 2.02. The summed E-state index contributed by atoms with van der Waals surface area (Å²) >= 11 is 0. The molecule has 0 unspecified atom stereocenters. The Labute approximate surface area is 83.6 Å². The van der Waals surface area contributed by atoms with Crippen molar-refractivity contribution in [1.82, 2.24) is 0 Å². The monoisotopic (exact) mass is 193 g/mol. The van der Waals surface area contributed by atoms with Gasteiger partial charge in [-0.2, -0.15) is 0 Å². The van der Waals surface area contributed by atoms with Crippen LogP contribution in [0.25, 0.3) is 0 Å². The molecule has 0 saturated carbocycles. The third-order valence-electron chi connectivity index (χ3n) is 1.56. The molecule has 0 spiro atoms. The Morgan fingerprint density at radius 2 is 1.93 bits per heavy atom. The van der Waals surface area contributed by atoms with Crippen LogP contribution in [-0.2, 0) is 16.1 Å². The third kappa shape index (κ3) is 3.94. The SMILES string of the molecule is [CH2]CCOC(=O)OCc1ccccc1. The van der Waals surface area contributed by atoms with Gasteiger partial charge in [-0.15, -0.1) is 0 Å². The van der Waals surface area contributed by atoms with Gasteiger partial charge in [-0.1, -0.05) is 30.3 Å². The first-order chi connectivity index (χ1) is 6.83. The summed E-state index contributed by atoms with van der Waals surface area (Å²) in [4.78, 5) is 10.9. The van der Waals surface area contributed by atoms with Crippen LogP contribution in [0.2, 0.25) is 0 Å². The Hall–Kier alpha value is -1.51. The first-order valence-corrected chi connectivity index (χ1v) is 4.45. The van der Waals surface area contributed by atoms with E-state index in [1.807, 2.05) is 30.3 Å². The van der Waals surface area contributed by atoms with Crippen molar-refractivity contribution >= 4 is 6.16 Å². The van der Waals surface area contributed by atoms with Gasteiger partial charge < -0.3 is 9.47 Å². The summed E-state index contributed by atoms with van der Waals surface area (Å²) in [6.07, 6.45) is -0.0852. The number of rotatable bonds is 4. The normalized spacial score (nSPS) is 9.50. The molecule has 0 bridgehead atoms. The van der Waals surface area contributed by atoms with Crippen molar-refractivity contribution in [3.05, 3.63) is 42.8 Å². The van der Waals surface area contributed by atoms with Crippen LogP contribution < -0.4 is 0 Å². The summed E-state index contributed by atoms with van der Waals surface area (Å²) in [5.74, 6) is 0. The Kier molecular flexibility index (Phi) is 4.55. The highest BCUT2D eigenvalue weighted by molar-refractivity contribution is 5.59. The van der Waals surface area contributed by atoms with E-state index in [1.54, 1.807) is 0 Å². The molecule has 0 heterocycles. The molecule has 0 aliphatic rings. The second-order valence-electron chi connectivity index (χ2n) is 2.73. The van der Waals surface area contributed by atoms with Gasteiger partial charge in [0.25, 0.3) is 0 Å². The largest absolute Gasteiger partial charge is 0.508 e. The van der Waals surface area contributed by atoms with Crippen molar-refractivity contribution in [2.75, 3.05) is 6.61 Å². The molecule has 1 radical (unpaired) electrons. The van der Waals surface area contributed by atoms with E-state index in [2.05, 4.69) is 11.7 Å². The minimum absolute atomic E-state index is 0.247. The molecule has 0 fully saturated rings. The van der Waals surface area contributed by atoms with Gasteiger partial charge >= 0.3 is 6.16 Å². The molecule has 1 rings (SSSR count). The Bertz CT molecular complexity index is 269. The van der Waals surface area contributed by atoms with Gasteiger partial charge in [-0.05, 0) is 18.9 Å². The number of hydrogen-bond acceptors (Lipinski definition) is 3. The molecule has 75 valence electrons. The lowest BCUT2D eigenvalue weighted by Crippen LogP contribution is -2.07. The maximum atomic E-state index is 10.9. The fraction of sp³-hybridized carbons (Fsp3) is 0.273. The maximum Gasteiger partial charge on any atom is 0.508 e. The molecule has 1 aromatic carbocycles. The fourth-order valence-corrected chi connectivity index (χ4v) is 0.914. The van der Waals surface area contributed by atoms with Gasteiger partial charge in [0, 0.05) is 0 Å². The van der Waals surface area contributed by atoms with Crippen LogP contribution >= 0.6 is 0 Å². The van der Waals surface area contributed by atoms with Crippen LogP contribution in [-0.4, -0.2) is 12.8 Å². The summed E-state index contributed by atoms with van der Waals surface area (Å²) in [5, 5.41) is 0. The van der Waals surface area contributed by atoms with E-state index in [4.69, 9.17) is 4.74 Å². The number of benzene rings is 1. The molecule has 3 nitrogen and oxygen atoms in total.